The molecule has 6 heteroatoms. The van der Waals surface area contributed by atoms with Crippen molar-refractivity contribution in [2.45, 2.75) is 45.3 Å². The van der Waals surface area contributed by atoms with E-state index in [1.807, 2.05) is 26.4 Å². The molecular weight excluding hydrogens is 360 g/mol. The SMILES string of the molecule is CN=C(NCCn1ccnc1C)N1CCC2C(CCCN2Cc2ccccc2)C1. The molecule has 4 rings (SSSR count). The first-order chi connectivity index (χ1) is 14.2. The molecule has 2 saturated heterocycles. The van der Waals surface area contributed by atoms with Crippen molar-refractivity contribution >= 4 is 5.96 Å². The zero-order chi connectivity index (χ0) is 20.1. The molecule has 2 aliphatic heterocycles. The lowest BCUT2D eigenvalue weighted by Crippen LogP contribution is -2.56. The number of imidazole rings is 1. The van der Waals surface area contributed by atoms with E-state index in [0.29, 0.717) is 6.04 Å². The number of piperidine rings is 2. The van der Waals surface area contributed by atoms with Gasteiger partial charge in [-0.25, -0.2) is 4.98 Å². The number of aryl methyl sites for hydroxylation is 1. The Bertz CT molecular complexity index is 799. The van der Waals surface area contributed by atoms with E-state index in [4.69, 9.17) is 0 Å². The molecule has 0 aliphatic carbocycles. The molecule has 0 spiro atoms. The predicted molar refractivity (Wildman–Crippen MR) is 118 cm³/mol. The van der Waals surface area contributed by atoms with Crippen LogP contribution in [0, 0.1) is 12.8 Å². The minimum atomic E-state index is 0.701. The van der Waals surface area contributed by atoms with E-state index < -0.39 is 0 Å². The van der Waals surface area contributed by atoms with Crippen LogP contribution in [0.4, 0.5) is 0 Å². The molecule has 2 unspecified atom stereocenters. The smallest absolute Gasteiger partial charge is 0.193 e. The third-order valence-electron chi connectivity index (χ3n) is 6.48. The number of nitrogens with zero attached hydrogens (tertiary/aromatic N) is 5. The van der Waals surface area contributed by atoms with Crippen LogP contribution in [0.1, 0.15) is 30.7 Å². The molecule has 3 heterocycles. The van der Waals surface area contributed by atoms with E-state index in [-0.39, 0.29) is 0 Å². The van der Waals surface area contributed by atoms with Gasteiger partial charge in [0.25, 0.3) is 0 Å². The molecule has 156 valence electrons. The Morgan fingerprint density at radius 3 is 2.83 bits per heavy atom. The molecule has 29 heavy (non-hydrogen) atoms. The van der Waals surface area contributed by atoms with Gasteiger partial charge in [0.05, 0.1) is 0 Å². The molecule has 0 bridgehead atoms. The van der Waals surface area contributed by atoms with E-state index in [9.17, 15) is 0 Å². The van der Waals surface area contributed by atoms with Gasteiger partial charge in [-0.2, -0.15) is 0 Å². The summed E-state index contributed by atoms with van der Waals surface area (Å²) in [5, 5.41) is 3.56. The first kappa shape index (κ1) is 20.0. The Morgan fingerprint density at radius 2 is 2.07 bits per heavy atom. The Kier molecular flexibility index (Phi) is 6.49. The summed E-state index contributed by atoms with van der Waals surface area (Å²) in [7, 11) is 1.90. The topological polar surface area (TPSA) is 48.7 Å². The second-order valence-corrected chi connectivity index (χ2v) is 8.30. The molecule has 6 nitrogen and oxygen atoms in total. The Morgan fingerprint density at radius 1 is 1.21 bits per heavy atom. The number of aromatic nitrogens is 2. The van der Waals surface area contributed by atoms with Crippen LogP contribution >= 0.6 is 0 Å². The Hall–Kier alpha value is -2.34. The maximum atomic E-state index is 4.57. The van der Waals surface area contributed by atoms with Crippen LogP contribution in [-0.4, -0.2) is 64.6 Å². The molecule has 2 fully saturated rings. The van der Waals surface area contributed by atoms with Gasteiger partial charge in [-0.3, -0.25) is 9.89 Å². The van der Waals surface area contributed by atoms with Crippen molar-refractivity contribution in [2.75, 3.05) is 33.2 Å². The summed E-state index contributed by atoms with van der Waals surface area (Å²) in [6.07, 6.45) is 7.75. The minimum absolute atomic E-state index is 0.701. The average molecular weight is 395 g/mol. The van der Waals surface area contributed by atoms with Crippen LogP contribution in [-0.2, 0) is 13.1 Å². The lowest BCUT2D eigenvalue weighted by atomic mass is 9.83. The summed E-state index contributed by atoms with van der Waals surface area (Å²) in [5.74, 6) is 2.83. The van der Waals surface area contributed by atoms with Crippen molar-refractivity contribution in [1.29, 1.82) is 0 Å². The summed E-state index contributed by atoms with van der Waals surface area (Å²) < 4.78 is 2.18. The Balaban J connectivity index is 1.31. The molecule has 0 amide bonds. The molecule has 0 saturated carbocycles. The van der Waals surface area contributed by atoms with Gasteiger partial charge in [0, 0.05) is 58.2 Å². The maximum absolute atomic E-state index is 4.57. The van der Waals surface area contributed by atoms with E-state index in [1.54, 1.807) is 0 Å². The van der Waals surface area contributed by atoms with Crippen molar-refractivity contribution in [2.24, 2.45) is 10.9 Å². The number of benzene rings is 1. The van der Waals surface area contributed by atoms with E-state index >= 15 is 0 Å². The maximum Gasteiger partial charge on any atom is 0.193 e. The van der Waals surface area contributed by atoms with Crippen molar-refractivity contribution < 1.29 is 0 Å². The predicted octanol–water partition coefficient (Wildman–Crippen LogP) is 2.75. The summed E-state index contributed by atoms with van der Waals surface area (Å²) in [4.78, 5) is 14.1. The van der Waals surface area contributed by atoms with E-state index in [0.717, 1.165) is 50.4 Å². The number of likely N-dealkylation sites (tertiary alicyclic amines) is 2. The average Bonchev–Trinajstić information content (AvgIpc) is 3.16. The van der Waals surface area contributed by atoms with E-state index in [2.05, 4.69) is 60.0 Å². The first-order valence-corrected chi connectivity index (χ1v) is 11.0. The summed E-state index contributed by atoms with van der Waals surface area (Å²) in [6, 6.07) is 11.6. The van der Waals surface area contributed by atoms with Crippen LogP contribution in [0.3, 0.4) is 0 Å². The number of aliphatic imine (C=N–C) groups is 1. The molecule has 1 aromatic heterocycles. The monoisotopic (exact) mass is 394 g/mol. The van der Waals surface area contributed by atoms with Crippen LogP contribution in [0.25, 0.3) is 0 Å². The highest BCUT2D eigenvalue weighted by atomic mass is 15.3. The summed E-state index contributed by atoms with van der Waals surface area (Å²) in [6.45, 7) is 8.33. The quantitative estimate of drug-likeness (QED) is 0.626. The lowest BCUT2D eigenvalue weighted by molar-refractivity contribution is 0.0372. The minimum Gasteiger partial charge on any atom is -0.354 e. The molecule has 0 radical (unpaired) electrons. The molecule has 1 aromatic carbocycles. The zero-order valence-electron chi connectivity index (χ0n) is 17.8. The highest BCUT2D eigenvalue weighted by Crippen LogP contribution is 2.31. The van der Waals surface area contributed by atoms with Gasteiger partial charge < -0.3 is 14.8 Å². The number of guanidine groups is 1. The molecule has 2 atom stereocenters. The molecule has 2 aliphatic rings. The second-order valence-electron chi connectivity index (χ2n) is 8.30. The van der Waals surface area contributed by atoms with Gasteiger partial charge in [0.1, 0.15) is 5.82 Å². The van der Waals surface area contributed by atoms with Crippen molar-refractivity contribution in [3.8, 4) is 0 Å². The van der Waals surface area contributed by atoms with Gasteiger partial charge in [-0.15, -0.1) is 0 Å². The van der Waals surface area contributed by atoms with Gasteiger partial charge in [0.2, 0.25) is 0 Å². The fourth-order valence-corrected chi connectivity index (χ4v) is 4.97. The largest absolute Gasteiger partial charge is 0.354 e. The van der Waals surface area contributed by atoms with Crippen molar-refractivity contribution in [1.82, 2.24) is 24.7 Å². The van der Waals surface area contributed by atoms with Crippen LogP contribution in [0.15, 0.2) is 47.7 Å². The van der Waals surface area contributed by atoms with Crippen LogP contribution < -0.4 is 5.32 Å². The first-order valence-electron chi connectivity index (χ1n) is 11.0. The number of nitrogens with one attached hydrogen (secondary N) is 1. The zero-order valence-corrected chi connectivity index (χ0v) is 17.8. The fraction of sp³-hybridized carbons (Fsp3) is 0.565. The summed E-state index contributed by atoms with van der Waals surface area (Å²) in [5.41, 5.74) is 1.43. The highest BCUT2D eigenvalue weighted by Gasteiger charge is 2.36. The number of hydrogen-bond donors (Lipinski definition) is 1. The molecular formula is C23H34N6. The van der Waals surface area contributed by atoms with Crippen molar-refractivity contribution in [3.63, 3.8) is 0 Å². The highest BCUT2D eigenvalue weighted by molar-refractivity contribution is 5.80. The molecule has 2 aromatic rings. The molecule has 1 N–H and O–H groups in total. The number of rotatable bonds is 5. The number of hydrogen-bond acceptors (Lipinski definition) is 3. The van der Waals surface area contributed by atoms with E-state index in [1.165, 1.54) is 31.4 Å². The fourth-order valence-electron chi connectivity index (χ4n) is 4.97. The standard InChI is InChI=1S/C23H34N6/c1-19-25-11-15-27(19)16-12-26-23(24-2)29-14-10-22-21(18-29)9-6-13-28(22)17-20-7-4-3-5-8-20/h3-5,7-8,11,15,21-22H,6,9-10,12-14,16-18H2,1-2H3,(H,24,26). The third-order valence-corrected chi connectivity index (χ3v) is 6.48. The second kappa shape index (κ2) is 9.44. The van der Waals surface area contributed by atoms with Crippen molar-refractivity contribution in [3.05, 3.63) is 54.1 Å². The lowest BCUT2D eigenvalue weighted by Gasteiger charge is -2.48. The van der Waals surface area contributed by atoms with Gasteiger partial charge in [-0.1, -0.05) is 30.3 Å². The van der Waals surface area contributed by atoms with Crippen LogP contribution in [0.2, 0.25) is 0 Å². The third kappa shape index (κ3) is 4.81. The summed E-state index contributed by atoms with van der Waals surface area (Å²) >= 11 is 0. The van der Waals surface area contributed by atoms with Gasteiger partial charge >= 0.3 is 0 Å². The van der Waals surface area contributed by atoms with Gasteiger partial charge in [0.15, 0.2) is 5.96 Å². The normalized spacial score (nSPS) is 23.1. The number of fused-ring (bicyclic) bond motifs is 1. The van der Waals surface area contributed by atoms with Crippen LogP contribution in [0.5, 0.6) is 0 Å². The van der Waals surface area contributed by atoms with Gasteiger partial charge in [-0.05, 0) is 44.2 Å². The Labute approximate surface area is 174 Å².